The highest BCUT2D eigenvalue weighted by molar-refractivity contribution is 9.10. The van der Waals surface area contributed by atoms with Crippen molar-refractivity contribution in [3.8, 4) is 0 Å². The Hall–Kier alpha value is -0.200. The van der Waals surface area contributed by atoms with E-state index >= 15 is 0 Å². The normalized spacial score (nSPS) is 19.8. The fourth-order valence-electron chi connectivity index (χ4n) is 0.887. The van der Waals surface area contributed by atoms with Gasteiger partial charge in [-0.05, 0) is 20.8 Å². The maximum Gasteiger partial charge on any atom is 0.326 e. The number of hydrogen-bond donors (Lipinski definition) is 2. The predicted octanol–water partition coefficient (Wildman–Crippen LogP) is 0.506. The van der Waals surface area contributed by atoms with Crippen molar-refractivity contribution in [3.63, 3.8) is 0 Å². The van der Waals surface area contributed by atoms with E-state index in [1.807, 2.05) is 0 Å². The molecule has 0 amide bonds. The lowest BCUT2D eigenvalue weighted by atomic mass is 9.95. The fraction of sp³-hybridized carbons (Fsp3) is 1.00. The minimum absolute atomic E-state index is 0.738. The van der Waals surface area contributed by atoms with Crippen molar-refractivity contribution >= 4 is 15.9 Å². The van der Waals surface area contributed by atoms with Crippen molar-refractivity contribution < 1.29 is 15.1 Å². The summed E-state index contributed by atoms with van der Waals surface area (Å²) in [4.78, 5) is 9.81. The van der Waals surface area contributed by atoms with Crippen molar-refractivity contribution in [2.75, 3.05) is 0 Å². The minimum atomic E-state index is -1.92. The summed E-state index contributed by atoms with van der Waals surface area (Å²) in [6, 6.07) is 0. The van der Waals surface area contributed by atoms with Gasteiger partial charge in [0.2, 0.25) is 0 Å². The first-order valence-electron chi connectivity index (χ1n) is 3.38. The topological polar surface area (TPSA) is 83.6 Å². The molecule has 2 atom stereocenters. The zero-order valence-corrected chi connectivity index (χ0v) is 8.70. The van der Waals surface area contributed by atoms with Crippen LogP contribution in [0, 0.1) is 10.1 Å². The third-order valence-corrected chi connectivity index (χ3v) is 3.60. The molecule has 0 bridgehead atoms. The first-order chi connectivity index (χ1) is 5.14. The molecule has 2 N–H and O–H groups in total. The number of aliphatic hydroxyl groups excluding tert-OH is 1. The molecule has 0 aromatic carbocycles. The fourth-order valence-corrected chi connectivity index (χ4v) is 0.887. The van der Waals surface area contributed by atoms with Gasteiger partial charge in [-0.3, -0.25) is 10.1 Å². The van der Waals surface area contributed by atoms with E-state index in [2.05, 4.69) is 15.9 Å². The Morgan fingerprint density at radius 2 is 1.92 bits per heavy atom. The molecule has 0 aliphatic heterocycles. The average molecular weight is 242 g/mol. The number of halogens is 1. The monoisotopic (exact) mass is 241 g/mol. The summed E-state index contributed by atoms with van der Waals surface area (Å²) in [6.45, 7) is 3.77. The predicted molar refractivity (Wildman–Crippen MR) is 46.6 cm³/mol. The summed E-state index contributed by atoms with van der Waals surface area (Å²) in [6.07, 6.45) is -1.28. The van der Waals surface area contributed by atoms with Crippen molar-refractivity contribution in [3.05, 3.63) is 10.1 Å². The number of aliphatic hydroxyl groups is 2. The molecular weight excluding hydrogens is 230 g/mol. The minimum Gasteiger partial charge on any atom is -0.385 e. The molecule has 2 unspecified atom stereocenters. The lowest BCUT2D eigenvalue weighted by molar-refractivity contribution is -0.568. The molecule has 72 valence electrons. The quantitative estimate of drug-likeness (QED) is 0.327. The summed E-state index contributed by atoms with van der Waals surface area (Å²) in [5.41, 5.74) is -1.63. The van der Waals surface area contributed by atoms with E-state index in [0.29, 0.717) is 0 Å². The molecule has 0 aliphatic rings. The van der Waals surface area contributed by atoms with Crippen LogP contribution in [0.15, 0.2) is 0 Å². The standard InChI is InChI=1S/C6H12BrNO4/c1-4(9)6(7,8(11)12)5(2,3)10/h4,9-10H,1-3H3. The van der Waals surface area contributed by atoms with Crippen LogP contribution in [0.25, 0.3) is 0 Å². The molecule has 0 spiro atoms. The number of nitrogens with zero attached hydrogens (tertiary/aromatic N) is 1. The van der Waals surface area contributed by atoms with Crippen LogP contribution < -0.4 is 0 Å². The number of nitro groups is 1. The van der Waals surface area contributed by atoms with Gasteiger partial charge in [-0.15, -0.1) is 0 Å². The first kappa shape index (κ1) is 11.8. The third-order valence-electron chi connectivity index (χ3n) is 1.68. The van der Waals surface area contributed by atoms with E-state index in [-0.39, 0.29) is 0 Å². The van der Waals surface area contributed by atoms with Crippen molar-refractivity contribution in [1.29, 1.82) is 0 Å². The molecule has 5 nitrogen and oxygen atoms in total. The molecule has 6 heteroatoms. The third kappa shape index (κ3) is 1.75. The summed E-state index contributed by atoms with van der Waals surface area (Å²) in [5, 5.41) is 29.1. The van der Waals surface area contributed by atoms with Crippen molar-refractivity contribution in [1.82, 2.24) is 0 Å². The van der Waals surface area contributed by atoms with E-state index in [4.69, 9.17) is 5.11 Å². The molecule has 0 saturated carbocycles. The van der Waals surface area contributed by atoms with Gasteiger partial charge >= 0.3 is 4.45 Å². The second-order valence-electron chi connectivity index (χ2n) is 3.17. The van der Waals surface area contributed by atoms with E-state index in [0.717, 1.165) is 0 Å². The Morgan fingerprint density at radius 3 is 1.92 bits per heavy atom. The summed E-state index contributed by atoms with van der Waals surface area (Å²) in [7, 11) is 0. The van der Waals surface area contributed by atoms with E-state index in [9.17, 15) is 15.2 Å². The van der Waals surface area contributed by atoms with Gasteiger partial charge in [-0.1, -0.05) is 0 Å². The Kier molecular flexibility index (Phi) is 3.22. The summed E-state index contributed by atoms with van der Waals surface area (Å²) >= 11 is 2.74. The van der Waals surface area contributed by atoms with Gasteiger partial charge in [0.1, 0.15) is 11.7 Å². The van der Waals surface area contributed by atoms with Gasteiger partial charge in [0.25, 0.3) is 0 Å². The molecule has 0 aromatic rings. The summed E-state index contributed by atoms with van der Waals surface area (Å²) in [5.74, 6) is 0. The molecular formula is C6H12BrNO4. The number of hydrogen-bond acceptors (Lipinski definition) is 4. The summed E-state index contributed by atoms with van der Waals surface area (Å²) < 4.78 is -1.92. The number of alkyl halides is 1. The van der Waals surface area contributed by atoms with Crippen molar-refractivity contribution in [2.24, 2.45) is 0 Å². The van der Waals surface area contributed by atoms with Crippen LogP contribution in [0.1, 0.15) is 20.8 Å². The largest absolute Gasteiger partial charge is 0.385 e. The lowest BCUT2D eigenvalue weighted by Crippen LogP contribution is -2.57. The van der Waals surface area contributed by atoms with Crippen molar-refractivity contribution in [2.45, 2.75) is 36.9 Å². The van der Waals surface area contributed by atoms with Crippen LogP contribution in [0.4, 0.5) is 0 Å². The van der Waals surface area contributed by atoms with Gasteiger partial charge in [0.05, 0.1) is 0 Å². The molecule has 12 heavy (non-hydrogen) atoms. The lowest BCUT2D eigenvalue weighted by Gasteiger charge is -2.32. The Morgan fingerprint density at radius 1 is 1.58 bits per heavy atom. The van der Waals surface area contributed by atoms with Crippen LogP contribution in [-0.4, -0.2) is 31.3 Å². The second-order valence-corrected chi connectivity index (χ2v) is 4.37. The molecule has 0 aromatic heterocycles. The molecule has 0 fully saturated rings. The van der Waals surface area contributed by atoms with Crippen LogP contribution >= 0.6 is 15.9 Å². The smallest absolute Gasteiger partial charge is 0.326 e. The molecule has 0 saturated heterocycles. The zero-order chi connectivity index (χ0) is 10.2. The molecule has 0 rings (SSSR count). The first-order valence-corrected chi connectivity index (χ1v) is 4.17. The van der Waals surface area contributed by atoms with Gasteiger partial charge in [-0.25, -0.2) is 0 Å². The molecule has 0 radical (unpaired) electrons. The van der Waals surface area contributed by atoms with Crippen LogP contribution in [0.5, 0.6) is 0 Å². The van der Waals surface area contributed by atoms with Crippen LogP contribution in [0.2, 0.25) is 0 Å². The maximum atomic E-state index is 10.5. The average Bonchev–Trinajstić information content (AvgIpc) is 1.82. The Labute approximate surface area is 78.7 Å². The second kappa shape index (κ2) is 3.27. The highest BCUT2D eigenvalue weighted by Crippen LogP contribution is 2.35. The number of rotatable bonds is 3. The van der Waals surface area contributed by atoms with Crippen LogP contribution in [0.3, 0.4) is 0 Å². The highest BCUT2D eigenvalue weighted by Gasteiger charge is 2.57. The van der Waals surface area contributed by atoms with Gasteiger partial charge < -0.3 is 10.2 Å². The van der Waals surface area contributed by atoms with Crippen LogP contribution in [-0.2, 0) is 0 Å². The Bertz CT molecular complexity index is 188. The van der Waals surface area contributed by atoms with E-state index in [1.165, 1.54) is 20.8 Å². The highest BCUT2D eigenvalue weighted by atomic mass is 79.9. The van der Waals surface area contributed by atoms with Gasteiger partial charge in [0, 0.05) is 20.9 Å². The van der Waals surface area contributed by atoms with Gasteiger partial charge in [0.15, 0.2) is 0 Å². The van der Waals surface area contributed by atoms with Gasteiger partial charge in [-0.2, -0.15) is 0 Å². The van der Waals surface area contributed by atoms with E-state index in [1.54, 1.807) is 0 Å². The SMILES string of the molecule is CC(O)C(Br)([N+](=O)[O-])C(C)(C)O. The molecule has 0 aliphatic carbocycles. The molecule has 0 heterocycles. The van der Waals surface area contributed by atoms with E-state index < -0.39 is 21.1 Å². The zero-order valence-electron chi connectivity index (χ0n) is 7.11. The Balaban J connectivity index is 5.02. The maximum absolute atomic E-state index is 10.5.